The Balaban J connectivity index is 2.39. The molecule has 2 aromatic rings. The number of hydrogen-bond acceptors (Lipinski definition) is 6. The molecule has 0 bridgehead atoms. The molecule has 0 amide bonds. The van der Waals surface area contributed by atoms with Gasteiger partial charge in [-0.1, -0.05) is 6.07 Å². The first-order valence-corrected chi connectivity index (χ1v) is 4.48. The van der Waals surface area contributed by atoms with Gasteiger partial charge in [0.2, 0.25) is 0 Å². The van der Waals surface area contributed by atoms with E-state index in [0.29, 0.717) is 10.7 Å². The average molecular weight is 208 g/mol. The number of nitrogens with zero attached hydrogens (tertiary/aromatic N) is 4. The summed E-state index contributed by atoms with van der Waals surface area (Å²) in [7, 11) is 0. The Labute approximate surface area is 82.4 Å². The summed E-state index contributed by atoms with van der Waals surface area (Å²) in [6, 6.07) is 5.28. The minimum Gasteiger partial charge on any atom is -0.357 e. The SMILES string of the molecule is O=[N+]([O-])c1nnc(-c2ccccn2)s1. The molecular weight excluding hydrogens is 204 g/mol. The van der Waals surface area contributed by atoms with Crippen molar-refractivity contribution >= 4 is 16.5 Å². The van der Waals surface area contributed by atoms with Gasteiger partial charge in [-0.25, -0.2) is 0 Å². The zero-order valence-electron chi connectivity index (χ0n) is 6.82. The highest BCUT2D eigenvalue weighted by Gasteiger charge is 2.16. The highest BCUT2D eigenvalue weighted by molar-refractivity contribution is 7.17. The normalized spacial score (nSPS) is 10.0. The topological polar surface area (TPSA) is 81.8 Å². The van der Waals surface area contributed by atoms with Crippen LogP contribution in [0, 0.1) is 10.1 Å². The maximum absolute atomic E-state index is 10.3. The molecule has 0 fully saturated rings. The molecule has 2 rings (SSSR count). The van der Waals surface area contributed by atoms with Gasteiger partial charge >= 0.3 is 5.13 Å². The third-order valence-electron chi connectivity index (χ3n) is 1.45. The summed E-state index contributed by atoms with van der Waals surface area (Å²) < 4.78 is 0. The van der Waals surface area contributed by atoms with Gasteiger partial charge in [-0.2, -0.15) is 0 Å². The van der Waals surface area contributed by atoms with Gasteiger partial charge in [0.15, 0.2) is 5.01 Å². The van der Waals surface area contributed by atoms with E-state index in [9.17, 15) is 10.1 Å². The van der Waals surface area contributed by atoms with Gasteiger partial charge < -0.3 is 10.1 Å². The third kappa shape index (κ3) is 1.57. The largest absolute Gasteiger partial charge is 0.450 e. The summed E-state index contributed by atoms with van der Waals surface area (Å²) in [6.07, 6.45) is 1.60. The van der Waals surface area contributed by atoms with E-state index in [-0.39, 0.29) is 5.13 Å². The van der Waals surface area contributed by atoms with E-state index in [1.54, 1.807) is 24.4 Å². The molecule has 0 N–H and O–H groups in total. The van der Waals surface area contributed by atoms with Crippen LogP contribution >= 0.6 is 11.3 Å². The Kier molecular flexibility index (Phi) is 2.15. The predicted octanol–water partition coefficient (Wildman–Crippen LogP) is 1.51. The molecule has 70 valence electrons. The smallest absolute Gasteiger partial charge is 0.357 e. The number of pyridine rings is 1. The van der Waals surface area contributed by atoms with Crippen molar-refractivity contribution in [3.8, 4) is 10.7 Å². The molecule has 0 aliphatic heterocycles. The van der Waals surface area contributed by atoms with Gasteiger partial charge in [0, 0.05) is 6.20 Å². The Bertz CT molecular complexity index is 456. The first-order valence-electron chi connectivity index (χ1n) is 3.66. The van der Waals surface area contributed by atoms with Gasteiger partial charge in [-0.15, -0.1) is 0 Å². The second-order valence-electron chi connectivity index (χ2n) is 2.36. The van der Waals surface area contributed by atoms with Crippen molar-refractivity contribution in [3.63, 3.8) is 0 Å². The van der Waals surface area contributed by atoms with Gasteiger partial charge in [0.05, 0.1) is 5.10 Å². The van der Waals surface area contributed by atoms with Crippen LogP contribution in [0.2, 0.25) is 0 Å². The van der Waals surface area contributed by atoms with Crippen LogP contribution in [0.5, 0.6) is 0 Å². The minimum atomic E-state index is -0.565. The van der Waals surface area contributed by atoms with E-state index in [4.69, 9.17) is 0 Å². The molecule has 0 saturated heterocycles. The van der Waals surface area contributed by atoms with Crippen molar-refractivity contribution in [1.82, 2.24) is 15.2 Å². The summed E-state index contributed by atoms with van der Waals surface area (Å²) in [5.41, 5.74) is 0.595. The van der Waals surface area contributed by atoms with Crippen molar-refractivity contribution in [2.24, 2.45) is 0 Å². The molecule has 2 aromatic heterocycles. The zero-order chi connectivity index (χ0) is 9.97. The van der Waals surface area contributed by atoms with Gasteiger partial charge in [-0.05, 0) is 33.5 Å². The van der Waals surface area contributed by atoms with Crippen molar-refractivity contribution in [2.75, 3.05) is 0 Å². The summed E-state index contributed by atoms with van der Waals surface area (Å²) in [4.78, 5) is 13.8. The lowest BCUT2D eigenvalue weighted by atomic mass is 10.4. The van der Waals surface area contributed by atoms with Crippen LogP contribution in [0.15, 0.2) is 24.4 Å². The molecule has 0 saturated carbocycles. The van der Waals surface area contributed by atoms with E-state index in [1.165, 1.54) is 0 Å². The molecule has 14 heavy (non-hydrogen) atoms. The van der Waals surface area contributed by atoms with Gasteiger partial charge in [0.25, 0.3) is 0 Å². The molecular formula is C7H4N4O2S. The lowest BCUT2D eigenvalue weighted by Gasteiger charge is -1.88. The molecule has 0 radical (unpaired) electrons. The molecule has 2 heterocycles. The van der Waals surface area contributed by atoms with Gasteiger partial charge in [-0.3, -0.25) is 4.98 Å². The third-order valence-corrected chi connectivity index (χ3v) is 2.35. The van der Waals surface area contributed by atoms with Crippen LogP contribution in [-0.2, 0) is 0 Å². The van der Waals surface area contributed by atoms with Crippen LogP contribution < -0.4 is 0 Å². The summed E-state index contributed by atoms with van der Waals surface area (Å²) in [5.74, 6) is 0. The number of aromatic nitrogens is 3. The fourth-order valence-corrected chi connectivity index (χ4v) is 1.52. The summed E-state index contributed by atoms with van der Waals surface area (Å²) in [5, 5.41) is 17.7. The Morgan fingerprint density at radius 3 is 2.79 bits per heavy atom. The first-order chi connectivity index (χ1) is 6.77. The van der Waals surface area contributed by atoms with Crippen molar-refractivity contribution in [1.29, 1.82) is 0 Å². The van der Waals surface area contributed by atoms with Crippen LogP contribution in [0.4, 0.5) is 5.13 Å². The Hall–Kier alpha value is -1.89. The molecule has 0 atom stereocenters. The van der Waals surface area contributed by atoms with Crippen molar-refractivity contribution in [2.45, 2.75) is 0 Å². The summed E-state index contributed by atoms with van der Waals surface area (Å²) >= 11 is 0.910. The second-order valence-corrected chi connectivity index (χ2v) is 3.32. The van der Waals surface area contributed by atoms with E-state index in [1.807, 2.05) is 0 Å². The molecule has 0 aliphatic carbocycles. The Morgan fingerprint density at radius 2 is 2.21 bits per heavy atom. The molecule has 0 aromatic carbocycles. The summed E-state index contributed by atoms with van der Waals surface area (Å²) in [6.45, 7) is 0. The minimum absolute atomic E-state index is 0.217. The number of nitro groups is 1. The standard InChI is InChI=1S/C7H4N4O2S/c12-11(13)7-10-9-6(14-7)5-3-1-2-4-8-5/h1-4H. The monoisotopic (exact) mass is 208 g/mol. The fraction of sp³-hybridized carbons (Fsp3) is 0. The maximum Gasteiger partial charge on any atom is 0.450 e. The molecule has 0 spiro atoms. The van der Waals surface area contributed by atoms with Crippen molar-refractivity contribution in [3.05, 3.63) is 34.5 Å². The first kappa shape index (κ1) is 8.70. The van der Waals surface area contributed by atoms with Crippen LogP contribution in [0.1, 0.15) is 0 Å². The van der Waals surface area contributed by atoms with E-state index < -0.39 is 4.92 Å². The molecule has 0 aliphatic rings. The zero-order valence-corrected chi connectivity index (χ0v) is 7.64. The highest BCUT2D eigenvalue weighted by atomic mass is 32.1. The maximum atomic E-state index is 10.3. The molecule has 0 unspecified atom stereocenters. The van der Waals surface area contributed by atoms with Crippen LogP contribution in [-0.4, -0.2) is 20.1 Å². The number of rotatable bonds is 2. The quantitative estimate of drug-likeness (QED) is 0.551. The lowest BCUT2D eigenvalue weighted by Crippen LogP contribution is -1.85. The van der Waals surface area contributed by atoms with Crippen LogP contribution in [0.25, 0.3) is 10.7 Å². The average Bonchev–Trinajstić information content (AvgIpc) is 2.68. The highest BCUT2D eigenvalue weighted by Crippen LogP contribution is 2.25. The van der Waals surface area contributed by atoms with E-state index >= 15 is 0 Å². The number of hydrogen-bond donors (Lipinski definition) is 0. The van der Waals surface area contributed by atoms with Crippen LogP contribution in [0.3, 0.4) is 0 Å². The molecule has 6 nitrogen and oxygen atoms in total. The predicted molar refractivity (Wildman–Crippen MR) is 49.8 cm³/mol. The van der Waals surface area contributed by atoms with E-state index in [2.05, 4.69) is 15.2 Å². The fourth-order valence-electron chi connectivity index (χ4n) is 0.882. The van der Waals surface area contributed by atoms with Crippen molar-refractivity contribution < 1.29 is 4.92 Å². The molecule has 7 heteroatoms. The van der Waals surface area contributed by atoms with E-state index in [0.717, 1.165) is 11.3 Å². The van der Waals surface area contributed by atoms with Gasteiger partial charge in [0.1, 0.15) is 5.69 Å². The second kappa shape index (κ2) is 3.46. The Morgan fingerprint density at radius 1 is 1.36 bits per heavy atom. The lowest BCUT2D eigenvalue weighted by molar-refractivity contribution is -0.385.